The molecule has 0 spiro atoms. The van der Waals surface area contributed by atoms with E-state index in [2.05, 4.69) is 43.7 Å². The number of benzene rings is 2. The van der Waals surface area contributed by atoms with Gasteiger partial charge in [0.2, 0.25) is 11.8 Å². The van der Waals surface area contributed by atoms with Gasteiger partial charge < -0.3 is 10.6 Å². The van der Waals surface area contributed by atoms with E-state index in [1.165, 1.54) is 0 Å². The molecule has 35 heavy (non-hydrogen) atoms. The molecule has 4 N–H and O–H groups in total. The molecule has 4 unspecified atom stereocenters. The lowest BCUT2D eigenvalue weighted by Crippen LogP contribution is -2.40. The van der Waals surface area contributed by atoms with Crippen molar-refractivity contribution in [1.82, 2.24) is 29.9 Å². The van der Waals surface area contributed by atoms with Gasteiger partial charge >= 0.3 is 0 Å². The minimum atomic E-state index is -0.128. The molecule has 4 atom stereocenters. The Balaban J connectivity index is 1.16. The quantitative estimate of drug-likeness (QED) is 0.345. The summed E-state index contributed by atoms with van der Waals surface area (Å²) in [4.78, 5) is 24.7. The third-order valence-electron chi connectivity index (χ3n) is 5.55. The van der Waals surface area contributed by atoms with E-state index in [0.717, 1.165) is 11.1 Å². The molecule has 0 saturated carbocycles. The lowest BCUT2D eigenvalue weighted by Gasteiger charge is -2.28. The Kier molecular flexibility index (Phi) is 9.78. The van der Waals surface area contributed by atoms with Gasteiger partial charge in [-0.15, -0.1) is 11.8 Å². The molecule has 2 aromatic rings. The first-order valence-electron chi connectivity index (χ1n) is 11.6. The van der Waals surface area contributed by atoms with Crippen LogP contribution in [0.5, 0.6) is 0 Å². The summed E-state index contributed by atoms with van der Waals surface area (Å²) in [6, 6.07) is 19.5. The van der Waals surface area contributed by atoms with Crippen LogP contribution in [0.3, 0.4) is 0 Å². The van der Waals surface area contributed by atoms with Gasteiger partial charge in [-0.2, -0.15) is 0 Å². The largest absolute Gasteiger partial charge is 0.330 e. The SMILES string of the molecule is CC(SC(C)N1CNC(NC(=O)Cc2ccccc2)S1)N1CNC(NC(=O)Cc2ccccc2)S1. The standard InChI is InChI=1S/C24H32N6O2S3/c1-17(29-15-25-23(34-29)27-21(31)13-19-9-5-3-6-10-19)33-18(2)30-16-26-24(35-30)28-22(32)14-20-11-7-4-8-12-20/h3-12,17-18,23-26H,13-16H2,1-2H3,(H,27,31)(H,28,32). The highest BCUT2D eigenvalue weighted by Gasteiger charge is 2.32. The fourth-order valence-corrected chi connectivity index (χ4v) is 7.16. The van der Waals surface area contributed by atoms with Gasteiger partial charge in [-0.05, 0) is 48.9 Å². The van der Waals surface area contributed by atoms with Gasteiger partial charge in [0.05, 0.1) is 36.9 Å². The van der Waals surface area contributed by atoms with Crippen LogP contribution in [-0.2, 0) is 22.4 Å². The Morgan fingerprint density at radius 1 is 0.829 bits per heavy atom. The van der Waals surface area contributed by atoms with E-state index >= 15 is 0 Å². The van der Waals surface area contributed by atoms with Gasteiger partial charge in [-0.3, -0.25) is 20.2 Å². The Hall–Kier alpha value is -1.73. The van der Waals surface area contributed by atoms with E-state index in [0.29, 0.717) is 26.2 Å². The van der Waals surface area contributed by atoms with Gasteiger partial charge in [0.15, 0.2) is 0 Å². The molecule has 0 aromatic heterocycles. The van der Waals surface area contributed by atoms with Crippen LogP contribution in [0.15, 0.2) is 60.7 Å². The van der Waals surface area contributed by atoms with Crippen molar-refractivity contribution in [2.45, 2.75) is 48.4 Å². The summed E-state index contributed by atoms with van der Waals surface area (Å²) in [5, 5.41) is 13.3. The molecular weight excluding hydrogens is 501 g/mol. The number of hydrogen-bond donors (Lipinski definition) is 4. The van der Waals surface area contributed by atoms with Crippen LogP contribution in [0, 0.1) is 0 Å². The van der Waals surface area contributed by atoms with Crippen LogP contribution in [0.25, 0.3) is 0 Å². The molecule has 0 bridgehead atoms. The van der Waals surface area contributed by atoms with Crippen molar-refractivity contribution in [3.63, 3.8) is 0 Å². The van der Waals surface area contributed by atoms with Crippen molar-refractivity contribution in [2.24, 2.45) is 0 Å². The smallest absolute Gasteiger partial charge is 0.226 e. The molecule has 2 aromatic carbocycles. The zero-order chi connectivity index (χ0) is 24.6. The third-order valence-corrected chi connectivity index (χ3v) is 9.54. The van der Waals surface area contributed by atoms with Crippen molar-refractivity contribution in [3.8, 4) is 0 Å². The molecule has 2 heterocycles. The number of carbonyl (C=O) groups is 2. The van der Waals surface area contributed by atoms with E-state index in [-0.39, 0.29) is 33.6 Å². The maximum absolute atomic E-state index is 12.4. The van der Waals surface area contributed by atoms with Crippen molar-refractivity contribution in [2.75, 3.05) is 13.3 Å². The van der Waals surface area contributed by atoms with Crippen LogP contribution < -0.4 is 21.3 Å². The number of amides is 2. The van der Waals surface area contributed by atoms with Crippen molar-refractivity contribution in [1.29, 1.82) is 0 Å². The number of hydrogen-bond acceptors (Lipinski definition) is 9. The molecule has 188 valence electrons. The minimum Gasteiger partial charge on any atom is -0.330 e. The molecule has 0 radical (unpaired) electrons. The van der Waals surface area contributed by atoms with E-state index in [1.54, 1.807) is 23.9 Å². The van der Waals surface area contributed by atoms with Crippen LogP contribution in [0.2, 0.25) is 0 Å². The highest BCUT2D eigenvalue weighted by atomic mass is 32.2. The summed E-state index contributed by atoms with van der Waals surface area (Å²) in [5.41, 5.74) is 1.76. The number of carbonyl (C=O) groups excluding carboxylic acids is 2. The van der Waals surface area contributed by atoms with Gasteiger partial charge in [0.1, 0.15) is 11.0 Å². The molecule has 2 aliphatic rings. The van der Waals surface area contributed by atoms with Gasteiger partial charge in [0.25, 0.3) is 0 Å². The molecule has 8 nitrogen and oxygen atoms in total. The molecule has 2 amide bonds. The Labute approximate surface area is 220 Å². The maximum atomic E-state index is 12.4. The average Bonchev–Trinajstić information content (AvgIpc) is 3.50. The summed E-state index contributed by atoms with van der Waals surface area (Å²) in [5.74, 6) is 0.0215. The van der Waals surface area contributed by atoms with Crippen molar-refractivity contribution in [3.05, 3.63) is 71.8 Å². The Morgan fingerprint density at radius 3 is 1.63 bits per heavy atom. The Morgan fingerprint density at radius 2 is 1.23 bits per heavy atom. The van der Waals surface area contributed by atoms with Crippen LogP contribution in [-0.4, -0.2) is 55.5 Å². The third kappa shape index (κ3) is 8.14. The summed E-state index contributed by atoms with van der Waals surface area (Å²) < 4.78 is 4.50. The van der Waals surface area contributed by atoms with Crippen LogP contribution >= 0.6 is 35.7 Å². The summed E-state index contributed by atoms with van der Waals surface area (Å²) >= 11 is 5.09. The molecule has 2 saturated heterocycles. The lowest BCUT2D eigenvalue weighted by atomic mass is 10.1. The van der Waals surface area contributed by atoms with Crippen molar-refractivity contribution < 1.29 is 9.59 Å². The van der Waals surface area contributed by atoms with Crippen LogP contribution in [0.4, 0.5) is 0 Å². The van der Waals surface area contributed by atoms with Gasteiger partial charge in [-0.25, -0.2) is 8.61 Å². The second-order valence-electron chi connectivity index (χ2n) is 8.32. The first-order valence-corrected chi connectivity index (χ1v) is 14.2. The molecule has 2 fully saturated rings. The fourth-order valence-electron chi connectivity index (χ4n) is 3.73. The summed E-state index contributed by atoms with van der Waals surface area (Å²) in [6.07, 6.45) is 0.756. The zero-order valence-corrected chi connectivity index (χ0v) is 22.3. The summed E-state index contributed by atoms with van der Waals surface area (Å²) in [6.45, 7) is 5.76. The molecule has 2 aliphatic heterocycles. The number of nitrogens with zero attached hydrogens (tertiary/aromatic N) is 2. The lowest BCUT2D eigenvalue weighted by molar-refractivity contribution is -0.121. The van der Waals surface area contributed by atoms with E-state index < -0.39 is 0 Å². The summed E-state index contributed by atoms with van der Waals surface area (Å²) in [7, 11) is 0. The first-order chi connectivity index (χ1) is 17.0. The highest BCUT2D eigenvalue weighted by molar-refractivity contribution is 8.04. The maximum Gasteiger partial charge on any atom is 0.226 e. The second kappa shape index (κ2) is 13.0. The number of rotatable bonds is 10. The molecule has 11 heteroatoms. The molecule has 0 aliphatic carbocycles. The minimum absolute atomic E-state index is 0.0108. The van der Waals surface area contributed by atoms with E-state index in [1.807, 2.05) is 72.4 Å². The average molecular weight is 533 g/mol. The molecule has 4 rings (SSSR count). The predicted molar refractivity (Wildman–Crippen MR) is 146 cm³/mol. The number of nitrogens with one attached hydrogen (secondary N) is 4. The second-order valence-corrected chi connectivity index (χ2v) is 12.3. The van der Waals surface area contributed by atoms with E-state index in [9.17, 15) is 9.59 Å². The molecular formula is C24H32N6O2S3. The topological polar surface area (TPSA) is 88.7 Å². The fraction of sp³-hybridized carbons (Fsp3) is 0.417. The van der Waals surface area contributed by atoms with Gasteiger partial charge in [-0.1, -0.05) is 60.7 Å². The highest BCUT2D eigenvalue weighted by Crippen LogP contribution is 2.34. The normalized spacial score (nSPS) is 22.6. The zero-order valence-electron chi connectivity index (χ0n) is 19.8. The van der Waals surface area contributed by atoms with Crippen molar-refractivity contribution >= 4 is 47.5 Å². The first kappa shape index (κ1) is 26.3. The van der Waals surface area contributed by atoms with Gasteiger partial charge in [0, 0.05) is 0 Å². The Bertz CT molecular complexity index is 893. The monoisotopic (exact) mass is 532 g/mol. The predicted octanol–water partition coefficient (Wildman–Crippen LogP) is 2.72. The van der Waals surface area contributed by atoms with Crippen LogP contribution in [0.1, 0.15) is 25.0 Å². The van der Waals surface area contributed by atoms with E-state index in [4.69, 9.17) is 0 Å². The number of thioether (sulfide) groups is 1.